The molecule has 2 aliphatic rings. The molecule has 1 saturated heterocycles. The number of hydrogen-bond acceptors (Lipinski definition) is 7. The number of rotatable bonds is 10. The molecule has 0 saturated carbocycles. The number of aryl methyl sites for hydroxylation is 1. The molecule has 1 atom stereocenters. The smallest absolute Gasteiger partial charge is 0.330 e. The minimum absolute atomic E-state index is 0.149. The summed E-state index contributed by atoms with van der Waals surface area (Å²) in [5.74, 6) is -0.269. The van der Waals surface area contributed by atoms with Crippen LogP contribution in [0, 0.1) is 6.92 Å². The van der Waals surface area contributed by atoms with Crippen LogP contribution in [-0.2, 0) is 9.59 Å². The second kappa shape index (κ2) is 15.8. The maximum absolute atomic E-state index is 13.6. The van der Waals surface area contributed by atoms with Gasteiger partial charge in [0.1, 0.15) is 18.2 Å². The van der Waals surface area contributed by atoms with Crippen LogP contribution in [0.15, 0.2) is 98.8 Å². The fourth-order valence-corrected chi connectivity index (χ4v) is 5.31. The molecule has 2 aromatic carbocycles. The molecule has 0 spiro atoms. The van der Waals surface area contributed by atoms with E-state index in [0.717, 1.165) is 28.2 Å². The lowest BCUT2D eigenvalue weighted by Gasteiger charge is -2.36. The summed E-state index contributed by atoms with van der Waals surface area (Å²) in [5.41, 5.74) is 12.4. The van der Waals surface area contributed by atoms with Gasteiger partial charge >= 0.3 is 6.03 Å². The average Bonchev–Trinajstić information content (AvgIpc) is 3.16. The molecule has 12 heteroatoms. The Labute approximate surface area is 281 Å². The first kappa shape index (κ1) is 35.2. The number of allylic oxidation sites excluding steroid dienone is 2. The van der Waals surface area contributed by atoms with E-state index in [1.807, 2.05) is 57.2 Å². The number of benzodiazepines with no additional fused rings is 1. The number of para-hydroxylation sites is 1. The quantitative estimate of drug-likeness (QED) is 0.196. The van der Waals surface area contributed by atoms with E-state index in [4.69, 9.17) is 10.7 Å². The molecule has 2 aromatic rings. The van der Waals surface area contributed by atoms with Crippen molar-refractivity contribution in [1.29, 1.82) is 0 Å². The zero-order chi connectivity index (χ0) is 35.0. The molecule has 48 heavy (non-hydrogen) atoms. The SMILES string of the molecule is C=CCCC1=N[C@@H](CC(=O)Nc2ccc(C)c(N3CC(=CN)C(=NC=N/C(C)=C/N=C(C)C)N(C)C3=O)c2)C(=O)N(C)c2ccccc21. The third-order valence-corrected chi connectivity index (χ3v) is 7.85. The van der Waals surface area contributed by atoms with Crippen LogP contribution in [0.5, 0.6) is 0 Å². The normalized spacial score (nSPS) is 18.6. The second-order valence-electron chi connectivity index (χ2n) is 11.8. The van der Waals surface area contributed by atoms with Gasteiger partial charge in [-0.25, -0.2) is 14.8 Å². The number of amidine groups is 1. The third kappa shape index (κ3) is 8.19. The Hall–Kier alpha value is -5.65. The maximum Gasteiger partial charge on any atom is 0.330 e. The van der Waals surface area contributed by atoms with E-state index in [2.05, 4.69) is 26.9 Å². The molecule has 2 aliphatic heterocycles. The van der Waals surface area contributed by atoms with Crippen molar-refractivity contribution in [2.45, 2.75) is 53.0 Å². The van der Waals surface area contributed by atoms with Crippen LogP contribution in [0.2, 0.25) is 0 Å². The van der Waals surface area contributed by atoms with Crippen LogP contribution >= 0.6 is 0 Å². The number of amides is 4. The van der Waals surface area contributed by atoms with Crippen LogP contribution in [0.4, 0.5) is 21.9 Å². The number of carbonyl (C=O) groups is 3. The zero-order valence-corrected chi connectivity index (χ0v) is 28.4. The van der Waals surface area contributed by atoms with Gasteiger partial charge in [0.05, 0.1) is 30.0 Å². The summed E-state index contributed by atoms with van der Waals surface area (Å²) in [6.45, 7) is 11.4. The number of likely N-dealkylation sites (N-methyl/N-ethyl adjacent to an activating group) is 2. The first-order valence-electron chi connectivity index (χ1n) is 15.6. The number of carbonyl (C=O) groups excluding carboxylic acids is 3. The molecule has 4 rings (SSSR count). The van der Waals surface area contributed by atoms with Gasteiger partial charge in [0.2, 0.25) is 5.91 Å². The largest absolute Gasteiger partial charge is 0.404 e. The summed E-state index contributed by atoms with van der Waals surface area (Å²) in [7, 11) is 3.31. The van der Waals surface area contributed by atoms with E-state index < -0.39 is 6.04 Å². The van der Waals surface area contributed by atoms with Gasteiger partial charge < -0.3 is 16.0 Å². The minimum Gasteiger partial charge on any atom is -0.404 e. The molecule has 1 fully saturated rings. The number of hydrogen-bond donors (Lipinski definition) is 2. The highest BCUT2D eigenvalue weighted by Crippen LogP contribution is 2.30. The zero-order valence-electron chi connectivity index (χ0n) is 28.4. The first-order chi connectivity index (χ1) is 22.9. The highest BCUT2D eigenvalue weighted by molar-refractivity contribution is 6.17. The number of nitrogens with two attached hydrogens (primary N) is 1. The Kier molecular flexibility index (Phi) is 11.6. The maximum atomic E-state index is 13.6. The molecular formula is C36H43N9O3. The fourth-order valence-electron chi connectivity index (χ4n) is 5.31. The number of anilines is 3. The van der Waals surface area contributed by atoms with Gasteiger partial charge in [-0.05, 0) is 64.3 Å². The summed E-state index contributed by atoms with van der Waals surface area (Å²) in [6.07, 6.45) is 7.37. The molecule has 0 aromatic heterocycles. The van der Waals surface area contributed by atoms with Crippen LogP contribution < -0.4 is 20.9 Å². The lowest BCUT2D eigenvalue weighted by Crippen LogP contribution is -2.52. The molecule has 0 aliphatic carbocycles. The summed E-state index contributed by atoms with van der Waals surface area (Å²) >= 11 is 0. The van der Waals surface area contributed by atoms with E-state index in [9.17, 15) is 14.4 Å². The summed E-state index contributed by atoms with van der Waals surface area (Å²) in [4.78, 5) is 62.6. The first-order valence-corrected chi connectivity index (χ1v) is 15.6. The molecule has 12 nitrogen and oxygen atoms in total. The monoisotopic (exact) mass is 649 g/mol. The number of fused-ring (bicyclic) bond motifs is 1. The third-order valence-electron chi connectivity index (χ3n) is 7.85. The van der Waals surface area contributed by atoms with Gasteiger partial charge in [0.15, 0.2) is 0 Å². The van der Waals surface area contributed by atoms with E-state index in [1.165, 1.54) is 17.4 Å². The number of urea groups is 1. The minimum atomic E-state index is -0.897. The van der Waals surface area contributed by atoms with Gasteiger partial charge in [0.25, 0.3) is 5.91 Å². The van der Waals surface area contributed by atoms with Crippen molar-refractivity contribution in [2.24, 2.45) is 25.7 Å². The predicted octanol–water partition coefficient (Wildman–Crippen LogP) is 5.61. The molecule has 0 radical (unpaired) electrons. The Morgan fingerprint density at radius 2 is 1.85 bits per heavy atom. The van der Waals surface area contributed by atoms with Gasteiger partial charge in [-0.3, -0.25) is 29.4 Å². The Balaban J connectivity index is 1.53. The molecule has 0 unspecified atom stereocenters. The lowest BCUT2D eigenvalue weighted by atomic mass is 10.0. The number of nitrogens with zero attached hydrogens (tertiary/aromatic N) is 7. The van der Waals surface area contributed by atoms with Crippen LogP contribution in [0.3, 0.4) is 0 Å². The Morgan fingerprint density at radius 1 is 1.10 bits per heavy atom. The standard InChI is InChI=1S/C36H43N9O3/c1-8-9-13-29-28-12-10-11-14-31(28)43(6)35(47)30(42-29)18-33(46)41-27-16-15-24(4)32(17-27)45-21-26(19-37)34(44(7)36(45)48)40-22-39-25(5)20-38-23(2)3/h8,10-12,14-17,19-20,22,30H,1,9,13,18,21,37H2,2-7H3,(H,41,46)/b25-20+,26-19?,39-22?,40-34?/t30-/m0/s1. The molecule has 4 amide bonds. The van der Waals surface area contributed by atoms with Crippen molar-refractivity contribution in [3.63, 3.8) is 0 Å². The van der Waals surface area contributed by atoms with Crippen molar-refractivity contribution in [1.82, 2.24) is 4.90 Å². The lowest BCUT2D eigenvalue weighted by molar-refractivity contribution is -0.123. The van der Waals surface area contributed by atoms with Gasteiger partial charge in [-0.2, -0.15) is 0 Å². The second-order valence-corrected chi connectivity index (χ2v) is 11.8. The van der Waals surface area contributed by atoms with Crippen LogP contribution in [0.25, 0.3) is 0 Å². The number of aliphatic imine (C=N–C) groups is 4. The van der Waals surface area contributed by atoms with Gasteiger partial charge in [-0.15, -0.1) is 6.58 Å². The van der Waals surface area contributed by atoms with E-state index in [-0.39, 0.29) is 30.8 Å². The molecule has 0 bridgehead atoms. The van der Waals surface area contributed by atoms with E-state index >= 15 is 0 Å². The van der Waals surface area contributed by atoms with Crippen molar-refractivity contribution < 1.29 is 14.4 Å². The predicted molar refractivity (Wildman–Crippen MR) is 195 cm³/mol. The van der Waals surface area contributed by atoms with Crippen molar-refractivity contribution >= 4 is 58.5 Å². The Bertz CT molecular complexity index is 1780. The Morgan fingerprint density at radius 3 is 2.56 bits per heavy atom. The molecule has 250 valence electrons. The topological polar surface area (TPSA) is 148 Å². The van der Waals surface area contributed by atoms with Crippen LogP contribution in [0.1, 0.15) is 51.2 Å². The summed E-state index contributed by atoms with van der Waals surface area (Å²) in [5, 5.41) is 2.91. The molecule has 2 heterocycles. The molecule has 3 N–H and O–H groups in total. The highest BCUT2D eigenvalue weighted by Gasteiger charge is 2.34. The average molecular weight is 650 g/mol. The van der Waals surface area contributed by atoms with E-state index in [1.54, 1.807) is 49.2 Å². The molecular weight excluding hydrogens is 606 g/mol. The van der Waals surface area contributed by atoms with Crippen LogP contribution in [-0.4, -0.2) is 73.0 Å². The fraction of sp³-hybridized carbons (Fsp3) is 0.306. The summed E-state index contributed by atoms with van der Waals surface area (Å²) < 4.78 is 0. The number of benzene rings is 2. The van der Waals surface area contributed by atoms with E-state index in [0.29, 0.717) is 41.3 Å². The number of nitrogens with one attached hydrogen (secondary N) is 1. The summed E-state index contributed by atoms with van der Waals surface area (Å²) in [6, 6.07) is 11.7. The highest BCUT2D eigenvalue weighted by atomic mass is 16.2. The van der Waals surface area contributed by atoms with Gasteiger partial charge in [0, 0.05) is 54.7 Å². The van der Waals surface area contributed by atoms with Crippen molar-refractivity contribution in [2.75, 3.05) is 35.8 Å². The van der Waals surface area contributed by atoms with Crippen molar-refractivity contribution in [3.8, 4) is 0 Å². The van der Waals surface area contributed by atoms with Crippen molar-refractivity contribution in [3.05, 3.63) is 89.9 Å². The van der Waals surface area contributed by atoms with Gasteiger partial charge in [-0.1, -0.05) is 30.3 Å².